The van der Waals surface area contributed by atoms with E-state index in [4.69, 9.17) is 5.11 Å². The molecule has 10 heteroatoms. The van der Waals surface area contributed by atoms with Crippen molar-refractivity contribution in [3.8, 4) is 22.5 Å². The van der Waals surface area contributed by atoms with E-state index in [0.29, 0.717) is 22.2 Å². The Kier molecular flexibility index (Phi) is 4.48. The summed E-state index contributed by atoms with van der Waals surface area (Å²) in [7, 11) is 0. The molecule has 0 bridgehead atoms. The van der Waals surface area contributed by atoms with Crippen LogP contribution in [0.15, 0.2) is 47.8 Å². The number of hydrogen-bond acceptors (Lipinski definition) is 7. The van der Waals surface area contributed by atoms with Crippen molar-refractivity contribution < 1.29 is 15.1 Å². The number of benzene rings is 2. The van der Waals surface area contributed by atoms with Gasteiger partial charge in [0.05, 0.1) is 23.2 Å². The zero-order chi connectivity index (χ0) is 18.8. The Morgan fingerprint density at radius 3 is 2.85 bits per heavy atom. The Labute approximate surface area is 156 Å². The summed E-state index contributed by atoms with van der Waals surface area (Å²) in [6.45, 7) is 0. The minimum absolute atomic E-state index is 0.122. The van der Waals surface area contributed by atoms with Crippen LogP contribution in [-0.4, -0.2) is 47.4 Å². The van der Waals surface area contributed by atoms with Crippen LogP contribution in [-0.2, 0) is 4.79 Å². The molecule has 5 N–H and O–H groups in total. The van der Waals surface area contributed by atoms with E-state index in [9.17, 15) is 10.0 Å². The third-order valence-electron chi connectivity index (χ3n) is 3.92. The Balaban J connectivity index is 1.76. The van der Waals surface area contributed by atoms with Crippen LogP contribution < -0.4 is 5.48 Å². The van der Waals surface area contributed by atoms with Gasteiger partial charge < -0.3 is 5.11 Å². The van der Waals surface area contributed by atoms with E-state index in [-0.39, 0.29) is 5.75 Å². The lowest BCUT2D eigenvalue weighted by atomic mass is 9.99. The standard InChI is InChI=1S/C17H14N6O3S/c24-15(25)8-27-17-19-16(21-22-17)10-4-9(5-11(6-10)23-26)12-2-1-3-14-13(12)7-18-20-14/h1-7,23,26H,8H2,(H,18,20)(H,24,25)(H,19,21,22). The summed E-state index contributed by atoms with van der Waals surface area (Å²) in [6, 6.07) is 11.3. The molecule has 0 spiro atoms. The third-order valence-corrected chi connectivity index (χ3v) is 4.75. The van der Waals surface area contributed by atoms with Crippen molar-refractivity contribution in [2.45, 2.75) is 5.16 Å². The minimum atomic E-state index is -0.937. The van der Waals surface area contributed by atoms with Gasteiger partial charge in [-0.15, -0.1) is 5.10 Å². The van der Waals surface area contributed by atoms with Crippen molar-refractivity contribution in [3.05, 3.63) is 42.6 Å². The van der Waals surface area contributed by atoms with Gasteiger partial charge in [-0.2, -0.15) is 5.10 Å². The predicted octanol–water partition coefficient (Wildman–Crippen LogP) is 2.99. The molecule has 9 nitrogen and oxygen atoms in total. The van der Waals surface area contributed by atoms with Gasteiger partial charge in [0.2, 0.25) is 5.16 Å². The van der Waals surface area contributed by atoms with Gasteiger partial charge in [-0.05, 0) is 35.4 Å². The molecule has 0 saturated heterocycles. The van der Waals surface area contributed by atoms with E-state index in [1.54, 1.807) is 12.3 Å². The minimum Gasteiger partial charge on any atom is -0.481 e. The largest absolute Gasteiger partial charge is 0.481 e. The fraction of sp³-hybridized carbons (Fsp3) is 0.0588. The van der Waals surface area contributed by atoms with Crippen LogP contribution in [0.3, 0.4) is 0 Å². The number of aliphatic carboxylic acids is 1. The van der Waals surface area contributed by atoms with Crippen molar-refractivity contribution in [1.29, 1.82) is 0 Å². The van der Waals surface area contributed by atoms with Gasteiger partial charge >= 0.3 is 5.97 Å². The summed E-state index contributed by atoms with van der Waals surface area (Å²) in [5, 5.41) is 33.3. The Morgan fingerprint density at radius 1 is 1.19 bits per heavy atom. The van der Waals surface area contributed by atoms with E-state index in [2.05, 4.69) is 30.9 Å². The van der Waals surface area contributed by atoms with Crippen molar-refractivity contribution in [2.75, 3.05) is 11.2 Å². The first-order chi connectivity index (χ1) is 13.1. The molecule has 0 aliphatic carbocycles. The summed E-state index contributed by atoms with van der Waals surface area (Å²) in [5.74, 6) is -0.586. The van der Waals surface area contributed by atoms with Gasteiger partial charge in [-0.3, -0.25) is 25.7 Å². The zero-order valence-electron chi connectivity index (χ0n) is 13.8. The highest BCUT2D eigenvalue weighted by Crippen LogP contribution is 2.33. The fourth-order valence-electron chi connectivity index (χ4n) is 2.77. The van der Waals surface area contributed by atoms with Crippen molar-refractivity contribution in [2.24, 2.45) is 0 Å². The molecule has 2 aromatic heterocycles. The number of carboxylic acid groups (broad SMARTS) is 1. The van der Waals surface area contributed by atoms with Crippen molar-refractivity contribution in [1.82, 2.24) is 25.4 Å². The number of anilines is 1. The molecule has 0 aliphatic rings. The first kappa shape index (κ1) is 17.1. The molecule has 0 radical (unpaired) electrons. The molecule has 2 heterocycles. The molecule has 0 saturated carbocycles. The average molecular weight is 382 g/mol. The zero-order valence-corrected chi connectivity index (χ0v) is 14.6. The fourth-order valence-corrected chi connectivity index (χ4v) is 3.29. The molecule has 0 amide bonds. The molecule has 4 rings (SSSR count). The second-order valence-corrected chi connectivity index (χ2v) is 6.64. The highest BCUT2D eigenvalue weighted by Gasteiger charge is 2.12. The van der Waals surface area contributed by atoms with E-state index < -0.39 is 5.97 Å². The molecular weight excluding hydrogens is 368 g/mol. The maximum Gasteiger partial charge on any atom is 0.313 e. The monoisotopic (exact) mass is 382 g/mol. The molecule has 0 aliphatic heterocycles. The number of carbonyl (C=O) groups is 1. The van der Waals surface area contributed by atoms with E-state index >= 15 is 0 Å². The number of rotatable bonds is 6. The number of carboxylic acids is 1. The molecule has 2 aromatic carbocycles. The van der Waals surface area contributed by atoms with Gasteiger partial charge in [0.1, 0.15) is 0 Å². The summed E-state index contributed by atoms with van der Waals surface area (Å²) in [6.07, 6.45) is 1.75. The van der Waals surface area contributed by atoms with Gasteiger partial charge in [0.15, 0.2) is 5.82 Å². The third kappa shape index (κ3) is 3.48. The maximum atomic E-state index is 10.7. The molecule has 136 valence electrons. The maximum absolute atomic E-state index is 10.7. The molecular formula is C17H14N6O3S. The predicted molar refractivity (Wildman–Crippen MR) is 101 cm³/mol. The Morgan fingerprint density at radius 2 is 2.04 bits per heavy atom. The number of fused-ring (bicyclic) bond motifs is 1. The number of aromatic amines is 2. The Bertz CT molecular complexity index is 1120. The lowest BCUT2D eigenvalue weighted by Gasteiger charge is -2.09. The number of H-pyrrole nitrogens is 2. The van der Waals surface area contributed by atoms with Gasteiger partial charge in [0, 0.05) is 10.9 Å². The number of aromatic nitrogens is 5. The van der Waals surface area contributed by atoms with E-state index in [1.165, 1.54) is 0 Å². The number of thioether (sulfide) groups is 1. The number of nitrogens with zero attached hydrogens (tertiary/aromatic N) is 3. The van der Waals surface area contributed by atoms with E-state index in [0.717, 1.165) is 33.8 Å². The molecule has 0 atom stereocenters. The van der Waals surface area contributed by atoms with Crippen molar-refractivity contribution in [3.63, 3.8) is 0 Å². The topological polar surface area (TPSA) is 140 Å². The van der Waals surface area contributed by atoms with Crippen LogP contribution in [0.5, 0.6) is 0 Å². The lowest BCUT2D eigenvalue weighted by Crippen LogP contribution is -1.97. The first-order valence-corrected chi connectivity index (χ1v) is 8.87. The normalized spacial score (nSPS) is 11.0. The Hall–Kier alpha value is -3.37. The SMILES string of the molecule is O=C(O)CSc1n[nH]c(-c2cc(NO)cc(-c3cccc4[nH]ncc34)c2)n1. The summed E-state index contributed by atoms with van der Waals surface area (Å²) in [4.78, 5) is 15.0. The molecule has 4 aromatic rings. The quantitative estimate of drug-likeness (QED) is 0.253. The second-order valence-electron chi connectivity index (χ2n) is 5.70. The smallest absolute Gasteiger partial charge is 0.313 e. The van der Waals surface area contributed by atoms with Crippen LogP contribution >= 0.6 is 11.8 Å². The van der Waals surface area contributed by atoms with Crippen LogP contribution in [0.2, 0.25) is 0 Å². The number of nitrogens with one attached hydrogen (secondary N) is 3. The molecule has 27 heavy (non-hydrogen) atoms. The van der Waals surface area contributed by atoms with Gasteiger partial charge in [-0.25, -0.2) is 4.98 Å². The van der Waals surface area contributed by atoms with Crippen LogP contribution in [0.4, 0.5) is 5.69 Å². The van der Waals surface area contributed by atoms with Crippen LogP contribution in [0.1, 0.15) is 0 Å². The lowest BCUT2D eigenvalue weighted by molar-refractivity contribution is -0.133. The summed E-state index contributed by atoms with van der Waals surface area (Å²) >= 11 is 1.03. The van der Waals surface area contributed by atoms with Gasteiger partial charge in [0.25, 0.3) is 0 Å². The first-order valence-electron chi connectivity index (χ1n) is 7.89. The highest BCUT2D eigenvalue weighted by atomic mass is 32.2. The molecule has 0 unspecified atom stereocenters. The number of hydrogen-bond donors (Lipinski definition) is 5. The van der Waals surface area contributed by atoms with Crippen molar-refractivity contribution >= 4 is 34.3 Å². The van der Waals surface area contributed by atoms with E-state index in [1.807, 2.05) is 30.3 Å². The highest BCUT2D eigenvalue weighted by molar-refractivity contribution is 7.99. The molecule has 0 fully saturated rings. The van der Waals surface area contributed by atoms with Crippen LogP contribution in [0, 0.1) is 0 Å². The van der Waals surface area contributed by atoms with Crippen LogP contribution in [0.25, 0.3) is 33.4 Å². The summed E-state index contributed by atoms with van der Waals surface area (Å²) in [5.41, 5.74) is 6.05. The second kappa shape index (κ2) is 7.09. The average Bonchev–Trinajstić information content (AvgIpc) is 3.35. The van der Waals surface area contributed by atoms with Gasteiger partial charge in [-0.1, -0.05) is 23.9 Å². The summed E-state index contributed by atoms with van der Waals surface area (Å²) < 4.78 is 0.